The van der Waals surface area contributed by atoms with Crippen LogP contribution in [0.4, 0.5) is 11.4 Å². The minimum Gasteiger partial charge on any atom is -0.497 e. The Morgan fingerprint density at radius 1 is 1.06 bits per heavy atom. The number of carbonyl (C=O) groups is 2. The Hall–Kier alpha value is -2.91. The van der Waals surface area contributed by atoms with Crippen LogP contribution in [0.25, 0.3) is 0 Å². The number of carbonyl (C=O) groups excluding carboxylic acids is 2. The number of hydrazone groups is 1. The first kappa shape index (κ1) is 22.3. The summed E-state index contributed by atoms with van der Waals surface area (Å²) < 4.78 is 9.70. The maximum absolute atomic E-state index is 12.7. The predicted octanol–water partition coefficient (Wildman–Crippen LogP) is 4.81. The van der Waals surface area contributed by atoms with Crippen LogP contribution in [0.2, 0.25) is 0 Å². The Kier molecular flexibility index (Phi) is 6.21. The fourth-order valence-electron chi connectivity index (χ4n) is 3.61. The van der Waals surface area contributed by atoms with Gasteiger partial charge in [0.05, 0.1) is 24.3 Å². The molecular formula is C23H23N3O4S2. The smallest absolute Gasteiger partial charge is 0.365 e. The van der Waals surface area contributed by atoms with Crippen molar-refractivity contribution in [2.24, 2.45) is 5.10 Å². The van der Waals surface area contributed by atoms with Crippen LogP contribution < -0.4 is 14.6 Å². The van der Waals surface area contributed by atoms with Crippen molar-refractivity contribution in [2.45, 2.75) is 25.1 Å². The second-order valence-electron chi connectivity index (χ2n) is 7.03. The zero-order valence-corrected chi connectivity index (χ0v) is 19.8. The molecule has 0 radical (unpaired) electrons. The number of rotatable bonds is 6. The fraction of sp³-hybridized carbons (Fsp3) is 0.261. The van der Waals surface area contributed by atoms with Crippen LogP contribution in [0.5, 0.6) is 5.75 Å². The van der Waals surface area contributed by atoms with Crippen LogP contribution in [-0.2, 0) is 14.3 Å². The van der Waals surface area contributed by atoms with Gasteiger partial charge in [0.25, 0.3) is 0 Å². The van der Waals surface area contributed by atoms with Crippen molar-refractivity contribution in [1.29, 1.82) is 0 Å². The van der Waals surface area contributed by atoms with Gasteiger partial charge in [0, 0.05) is 17.5 Å². The molecule has 2 heterocycles. The summed E-state index contributed by atoms with van der Waals surface area (Å²) in [6.45, 7) is 5.47. The number of benzene rings is 2. The van der Waals surface area contributed by atoms with E-state index in [9.17, 15) is 9.59 Å². The highest BCUT2D eigenvalue weighted by Gasteiger charge is 2.57. The van der Waals surface area contributed by atoms with Crippen molar-refractivity contribution in [2.75, 3.05) is 23.6 Å². The van der Waals surface area contributed by atoms with Crippen molar-refractivity contribution in [3.8, 4) is 5.75 Å². The summed E-state index contributed by atoms with van der Waals surface area (Å²) in [7, 11) is 1.60. The van der Waals surface area contributed by atoms with E-state index in [0.717, 1.165) is 17.1 Å². The highest BCUT2D eigenvalue weighted by Crippen LogP contribution is 2.60. The average Bonchev–Trinajstić information content (AvgIpc) is 3.32. The molecule has 2 aromatic rings. The van der Waals surface area contributed by atoms with E-state index < -0.39 is 10.3 Å². The Morgan fingerprint density at radius 3 is 2.44 bits per heavy atom. The molecule has 7 nitrogen and oxygen atoms in total. The number of allylic oxidation sites excluding steroid dienone is 2. The molecule has 0 bridgehead atoms. The quantitative estimate of drug-likeness (QED) is 0.558. The summed E-state index contributed by atoms with van der Waals surface area (Å²) in [6.07, 6.45) is 0. The van der Waals surface area contributed by atoms with Gasteiger partial charge in [0.1, 0.15) is 5.75 Å². The molecule has 1 spiro atoms. The number of anilines is 2. The maximum Gasteiger partial charge on any atom is 0.365 e. The zero-order chi connectivity index (χ0) is 22.9. The van der Waals surface area contributed by atoms with Crippen molar-refractivity contribution in [3.63, 3.8) is 0 Å². The molecule has 0 N–H and O–H groups in total. The topological polar surface area (TPSA) is 71.4 Å². The number of para-hydroxylation sites is 1. The molecule has 2 aromatic carbocycles. The first-order valence-electron chi connectivity index (χ1n) is 10.1. The Labute approximate surface area is 195 Å². The van der Waals surface area contributed by atoms with E-state index in [-0.39, 0.29) is 17.4 Å². The van der Waals surface area contributed by atoms with Crippen LogP contribution in [0, 0.1) is 0 Å². The monoisotopic (exact) mass is 469 g/mol. The summed E-state index contributed by atoms with van der Waals surface area (Å²) in [4.78, 5) is 27.9. The second kappa shape index (κ2) is 8.91. The molecule has 2 aliphatic heterocycles. The van der Waals surface area contributed by atoms with Crippen molar-refractivity contribution >= 4 is 51.7 Å². The van der Waals surface area contributed by atoms with Gasteiger partial charge < -0.3 is 14.4 Å². The van der Waals surface area contributed by atoms with Crippen LogP contribution in [0.3, 0.4) is 0 Å². The number of hydrogen-bond donors (Lipinski definition) is 0. The average molecular weight is 470 g/mol. The molecule has 1 atom stereocenters. The van der Waals surface area contributed by atoms with E-state index in [1.54, 1.807) is 26.0 Å². The number of ether oxygens (including phenoxy) is 2. The van der Waals surface area contributed by atoms with Crippen LogP contribution in [0.1, 0.15) is 20.8 Å². The summed E-state index contributed by atoms with van der Waals surface area (Å²) in [5.41, 5.74) is 2.41. The predicted molar refractivity (Wildman–Crippen MR) is 130 cm³/mol. The van der Waals surface area contributed by atoms with E-state index >= 15 is 0 Å². The third-order valence-corrected chi connectivity index (χ3v) is 7.92. The number of hydrogen-bond acceptors (Lipinski definition) is 9. The largest absolute Gasteiger partial charge is 0.497 e. The number of nitrogens with zero attached hydrogens (tertiary/aromatic N) is 3. The zero-order valence-electron chi connectivity index (χ0n) is 18.2. The first-order valence-corrected chi connectivity index (χ1v) is 11.7. The number of ketones is 1. The van der Waals surface area contributed by atoms with Gasteiger partial charge in [-0.2, -0.15) is 5.10 Å². The lowest BCUT2D eigenvalue weighted by molar-refractivity contribution is -0.134. The number of Topliss-reactive ketones (excluding diaryl/α,β-unsaturated/α-hetero) is 1. The minimum absolute atomic E-state index is 0.0407. The molecule has 4 rings (SSSR count). The summed E-state index contributed by atoms with van der Waals surface area (Å²) in [6, 6.07) is 17.2. The summed E-state index contributed by atoms with van der Waals surface area (Å²) in [5.74, 6) is 0.124. The van der Waals surface area contributed by atoms with Crippen molar-refractivity contribution in [3.05, 3.63) is 65.2 Å². The van der Waals surface area contributed by atoms with Gasteiger partial charge in [0.2, 0.25) is 9.37 Å². The molecule has 0 saturated heterocycles. The fourth-order valence-corrected chi connectivity index (χ4v) is 6.56. The number of esters is 1. The Morgan fingerprint density at radius 2 is 1.78 bits per heavy atom. The van der Waals surface area contributed by atoms with E-state index in [4.69, 9.17) is 9.47 Å². The van der Waals surface area contributed by atoms with E-state index in [2.05, 4.69) is 5.10 Å². The molecule has 166 valence electrons. The van der Waals surface area contributed by atoms with Gasteiger partial charge in [-0.05, 0) is 56.8 Å². The van der Waals surface area contributed by atoms with Crippen LogP contribution >= 0.6 is 23.5 Å². The van der Waals surface area contributed by atoms with Crippen molar-refractivity contribution < 1.29 is 19.1 Å². The summed E-state index contributed by atoms with van der Waals surface area (Å²) in [5, 5.41) is 6.66. The van der Waals surface area contributed by atoms with E-state index in [1.165, 1.54) is 23.5 Å². The lowest BCUT2D eigenvalue weighted by Gasteiger charge is -2.41. The maximum atomic E-state index is 12.7. The van der Waals surface area contributed by atoms with Gasteiger partial charge in [-0.15, -0.1) is 0 Å². The first-order chi connectivity index (χ1) is 15.4. The molecule has 0 fully saturated rings. The number of thioether (sulfide) groups is 2. The molecule has 9 heteroatoms. The van der Waals surface area contributed by atoms with Gasteiger partial charge in [-0.25, -0.2) is 9.80 Å². The van der Waals surface area contributed by atoms with Crippen LogP contribution in [0.15, 0.2) is 70.3 Å². The van der Waals surface area contributed by atoms with Gasteiger partial charge in [-0.1, -0.05) is 36.0 Å². The highest BCUT2D eigenvalue weighted by atomic mass is 32.2. The minimum atomic E-state index is -0.957. The molecule has 0 amide bonds. The molecule has 0 saturated carbocycles. The number of methoxy groups -OCH3 is 1. The SMILES string of the molecule is CCOC(=O)C1=NN(c2cccc(OC)c2)C2(S1)SC(C(C)=O)=C(C)N2c1ccccc1. The molecule has 0 aromatic heterocycles. The third-order valence-electron chi connectivity index (χ3n) is 4.95. The highest BCUT2D eigenvalue weighted by molar-refractivity contribution is 8.29. The molecular weight excluding hydrogens is 446 g/mol. The van der Waals surface area contributed by atoms with E-state index in [1.807, 2.05) is 66.4 Å². The molecule has 0 aliphatic carbocycles. The lowest BCUT2D eigenvalue weighted by atomic mass is 10.2. The Bertz CT molecular complexity index is 1120. The standard InChI is InChI=1S/C23H23N3O4S2/c1-5-30-22(28)21-24-26(18-12-9-13-19(14-18)29-4)23(32-21)25(17-10-7-6-8-11-17)15(2)20(31-23)16(3)27/h6-14H,5H2,1-4H3. The van der Waals surface area contributed by atoms with Crippen LogP contribution in [-0.4, -0.2) is 34.8 Å². The van der Waals surface area contributed by atoms with Gasteiger partial charge in [0.15, 0.2) is 5.78 Å². The molecule has 32 heavy (non-hydrogen) atoms. The normalized spacial score (nSPS) is 20.1. The lowest BCUT2D eigenvalue weighted by Crippen LogP contribution is -2.49. The van der Waals surface area contributed by atoms with Gasteiger partial charge >= 0.3 is 5.97 Å². The Balaban J connectivity index is 1.90. The molecule has 1 unspecified atom stereocenters. The summed E-state index contributed by atoms with van der Waals surface area (Å²) >= 11 is 2.65. The molecule has 2 aliphatic rings. The second-order valence-corrected chi connectivity index (χ2v) is 9.63. The van der Waals surface area contributed by atoms with Crippen molar-refractivity contribution in [1.82, 2.24) is 0 Å². The van der Waals surface area contributed by atoms with Gasteiger partial charge in [-0.3, -0.25) is 4.79 Å². The third kappa shape index (κ3) is 3.75. The van der Waals surface area contributed by atoms with E-state index in [0.29, 0.717) is 10.7 Å².